The van der Waals surface area contributed by atoms with Crippen LogP contribution in [0.25, 0.3) is 127 Å². The van der Waals surface area contributed by atoms with Gasteiger partial charge in [0.05, 0.1) is 16.7 Å². The molecule has 0 radical (unpaired) electrons. The highest BCUT2D eigenvalue weighted by Gasteiger charge is 2.22. The van der Waals surface area contributed by atoms with E-state index >= 15 is 0 Å². The van der Waals surface area contributed by atoms with Gasteiger partial charge in [-0.2, -0.15) is 0 Å². The highest BCUT2D eigenvalue weighted by Crippen LogP contribution is 2.43. The molecule has 0 aliphatic carbocycles. The molecule has 13 aromatic rings. The highest BCUT2D eigenvalue weighted by atomic mass is 16.3. The molecule has 4 heterocycles. The first kappa shape index (κ1) is 33.6. The van der Waals surface area contributed by atoms with Gasteiger partial charge >= 0.3 is 0 Å². The molecule has 6 heteroatoms. The van der Waals surface area contributed by atoms with Gasteiger partial charge in [-0.25, -0.2) is 15.0 Å². The molecule has 0 saturated carbocycles. The van der Waals surface area contributed by atoms with Crippen LogP contribution < -0.4 is 0 Å². The molecule has 0 atom stereocenters. The minimum atomic E-state index is 0.585. The molecule has 0 unspecified atom stereocenters. The second kappa shape index (κ2) is 13.1. The lowest BCUT2D eigenvalue weighted by atomic mass is 10.0. The Bertz CT molecular complexity index is 3860. The van der Waals surface area contributed by atoms with E-state index < -0.39 is 0 Å². The molecule has 0 aliphatic rings. The highest BCUT2D eigenvalue weighted by molar-refractivity contribution is 6.21. The molecule has 0 amide bonds. The van der Waals surface area contributed by atoms with Gasteiger partial charge in [-0.15, -0.1) is 0 Å². The SMILES string of the molecule is c1ccc(-c2ccc(-c3nc(-c4ccccc4)nc(-c4ccc5c(c4)c(-n4c6ccccc6c6cc7oc8ccccc8c7cc64)cc4c6ccccc6oc54)n3)cc2)cc1. The second-order valence-corrected chi connectivity index (χ2v) is 15.6. The van der Waals surface area contributed by atoms with Crippen LogP contribution in [-0.2, 0) is 0 Å². The number of fused-ring (bicyclic) bond motifs is 11. The third kappa shape index (κ3) is 5.26. The van der Waals surface area contributed by atoms with Gasteiger partial charge in [-0.1, -0.05) is 146 Å². The molecule has 61 heavy (non-hydrogen) atoms. The molecule has 0 N–H and O–H groups in total. The molecule has 0 aliphatic heterocycles. The fourth-order valence-corrected chi connectivity index (χ4v) is 9.14. The minimum Gasteiger partial charge on any atom is -0.456 e. The summed E-state index contributed by atoms with van der Waals surface area (Å²) in [6.07, 6.45) is 0. The predicted molar refractivity (Wildman–Crippen MR) is 248 cm³/mol. The van der Waals surface area contributed by atoms with Gasteiger partial charge in [0.25, 0.3) is 0 Å². The van der Waals surface area contributed by atoms with Crippen LogP contribution >= 0.6 is 0 Å². The normalized spacial score (nSPS) is 11.9. The first-order valence-electron chi connectivity index (χ1n) is 20.4. The van der Waals surface area contributed by atoms with Gasteiger partial charge in [0.15, 0.2) is 17.5 Å². The Balaban J connectivity index is 1.08. The molecule has 0 saturated heterocycles. The van der Waals surface area contributed by atoms with E-state index in [0.29, 0.717) is 17.5 Å². The van der Waals surface area contributed by atoms with Crippen molar-refractivity contribution in [1.29, 1.82) is 0 Å². The van der Waals surface area contributed by atoms with Crippen molar-refractivity contribution in [2.24, 2.45) is 0 Å². The van der Waals surface area contributed by atoms with Crippen LogP contribution in [0.15, 0.2) is 203 Å². The van der Waals surface area contributed by atoms with Crippen LogP contribution in [0.1, 0.15) is 0 Å². The minimum absolute atomic E-state index is 0.585. The van der Waals surface area contributed by atoms with E-state index in [0.717, 1.165) is 110 Å². The van der Waals surface area contributed by atoms with E-state index in [1.165, 1.54) is 0 Å². The van der Waals surface area contributed by atoms with Crippen molar-refractivity contribution in [3.05, 3.63) is 194 Å². The molecule has 0 fully saturated rings. The fourth-order valence-electron chi connectivity index (χ4n) is 9.14. The van der Waals surface area contributed by atoms with Crippen LogP contribution in [-0.4, -0.2) is 19.5 Å². The summed E-state index contributed by atoms with van der Waals surface area (Å²) < 4.78 is 15.5. The van der Waals surface area contributed by atoms with Crippen molar-refractivity contribution in [2.75, 3.05) is 0 Å². The van der Waals surface area contributed by atoms with Crippen LogP contribution in [0.4, 0.5) is 0 Å². The number of furan rings is 2. The largest absolute Gasteiger partial charge is 0.456 e. The number of aromatic nitrogens is 4. The maximum Gasteiger partial charge on any atom is 0.164 e. The summed E-state index contributed by atoms with van der Waals surface area (Å²) in [7, 11) is 0. The maximum atomic E-state index is 6.69. The van der Waals surface area contributed by atoms with Crippen molar-refractivity contribution in [1.82, 2.24) is 19.5 Å². The average molecular weight is 781 g/mol. The van der Waals surface area contributed by atoms with E-state index in [4.69, 9.17) is 23.8 Å². The lowest BCUT2D eigenvalue weighted by molar-refractivity contribution is 0.669. The number of hydrogen-bond acceptors (Lipinski definition) is 5. The topological polar surface area (TPSA) is 69.9 Å². The second-order valence-electron chi connectivity index (χ2n) is 15.6. The molecule has 6 nitrogen and oxygen atoms in total. The van der Waals surface area contributed by atoms with Gasteiger partial charge in [-0.05, 0) is 59.7 Å². The number of para-hydroxylation sites is 3. The van der Waals surface area contributed by atoms with Crippen LogP contribution in [0.3, 0.4) is 0 Å². The van der Waals surface area contributed by atoms with Crippen molar-refractivity contribution < 1.29 is 8.83 Å². The maximum absolute atomic E-state index is 6.69. The van der Waals surface area contributed by atoms with Gasteiger partial charge in [0.2, 0.25) is 0 Å². The summed E-state index contributed by atoms with van der Waals surface area (Å²) >= 11 is 0. The average Bonchev–Trinajstić information content (AvgIpc) is 4.00. The fraction of sp³-hybridized carbons (Fsp3) is 0. The Morgan fingerprint density at radius 2 is 0.836 bits per heavy atom. The number of nitrogens with zero attached hydrogens (tertiary/aromatic N) is 4. The van der Waals surface area contributed by atoms with Crippen LogP contribution in [0.5, 0.6) is 0 Å². The molecule has 284 valence electrons. The van der Waals surface area contributed by atoms with E-state index in [1.54, 1.807) is 0 Å². The molecule has 9 aromatic carbocycles. The van der Waals surface area contributed by atoms with Crippen molar-refractivity contribution in [3.8, 4) is 51.0 Å². The van der Waals surface area contributed by atoms with E-state index in [-0.39, 0.29) is 0 Å². The Hall–Kier alpha value is -8.35. The Labute approximate surface area is 348 Å². The van der Waals surface area contributed by atoms with Gasteiger partial charge in [-0.3, -0.25) is 0 Å². The molecule has 0 spiro atoms. The Kier molecular flexibility index (Phi) is 7.21. The smallest absolute Gasteiger partial charge is 0.164 e. The molecule has 4 aromatic heterocycles. The summed E-state index contributed by atoms with van der Waals surface area (Å²) in [5.41, 5.74) is 11.6. The van der Waals surface area contributed by atoms with Crippen molar-refractivity contribution in [3.63, 3.8) is 0 Å². The quantitative estimate of drug-likeness (QED) is 0.174. The third-order valence-electron chi connectivity index (χ3n) is 12.0. The lowest BCUT2D eigenvalue weighted by Crippen LogP contribution is -2.01. The van der Waals surface area contributed by atoms with Gasteiger partial charge in [0.1, 0.15) is 22.3 Å². The summed E-state index contributed by atoms with van der Waals surface area (Å²) in [6, 6.07) is 67.4. The van der Waals surface area contributed by atoms with Crippen LogP contribution in [0.2, 0.25) is 0 Å². The van der Waals surface area contributed by atoms with E-state index in [9.17, 15) is 0 Å². The zero-order chi connectivity index (χ0) is 40.0. The van der Waals surface area contributed by atoms with Gasteiger partial charge in [0, 0.05) is 59.8 Å². The van der Waals surface area contributed by atoms with Crippen molar-refractivity contribution >= 4 is 76.5 Å². The number of rotatable bonds is 5. The summed E-state index contributed by atoms with van der Waals surface area (Å²) in [6.45, 7) is 0. The molecule has 0 bridgehead atoms. The predicted octanol–water partition coefficient (Wildman–Crippen LogP) is 14.6. The summed E-state index contributed by atoms with van der Waals surface area (Å²) in [4.78, 5) is 15.4. The molecular weight excluding hydrogens is 749 g/mol. The molecule has 13 rings (SSSR count). The number of benzene rings is 9. The van der Waals surface area contributed by atoms with E-state index in [1.807, 2.05) is 60.7 Å². The summed E-state index contributed by atoms with van der Waals surface area (Å²) in [5.74, 6) is 1.80. The zero-order valence-corrected chi connectivity index (χ0v) is 32.6. The zero-order valence-electron chi connectivity index (χ0n) is 32.6. The van der Waals surface area contributed by atoms with Crippen LogP contribution in [0, 0.1) is 0 Å². The van der Waals surface area contributed by atoms with Crippen molar-refractivity contribution in [2.45, 2.75) is 0 Å². The number of hydrogen-bond donors (Lipinski definition) is 0. The third-order valence-corrected chi connectivity index (χ3v) is 12.0. The standard InChI is InChI=1S/C55H32N4O2/c1-3-13-33(14-4-1)34-23-25-36(26-24-34)54-56-53(35-15-5-2-6-16-35)57-55(58-54)37-27-28-41-42(29-37)48(31-45-40-19-9-12-22-50(40)61-52(41)45)59-46-20-10-7-17-38(46)43-32-51-44(30-47(43)59)39-18-8-11-21-49(39)60-51/h1-32H. The Morgan fingerprint density at radius 1 is 0.295 bits per heavy atom. The molecular formula is C55H32N4O2. The van der Waals surface area contributed by atoms with E-state index in [2.05, 4.69) is 138 Å². The summed E-state index contributed by atoms with van der Waals surface area (Å²) in [5, 5.41) is 8.58. The van der Waals surface area contributed by atoms with Gasteiger partial charge < -0.3 is 13.4 Å². The lowest BCUT2D eigenvalue weighted by Gasteiger charge is -2.14. The first-order chi connectivity index (χ1) is 30.2. The first-order valence-corrected chi connectivity index (χ1v) is 20.4. The Morgan fingerprint density at radius 3 is 1.57 bits per heavy atom. The monoisotopic (exact) mass is 780 g/mol.